The van der Waals surface area contributed by atoms with Gasteiger partial charge >= 0.3 is 6.03 Å². The quantitative estimate of drug-likeness (QED) is 0.226. The molecule has 0 N–H and O–H groups in total. The van der Waals surface area contributed by atoms with Crippen LogP contribution in [0, 0.1) is 0 Å². The minimum absolute atomic E-state index is 0.0234. The molecule has 5 heteroatoms. The molecular formula is C36H40BN3O. The molecule has 5 rings (SSSR count). The second-order valence-electron chi connectivity index (χ2n) is 10.3. The number of nitrogens with zero attached hydrogens (tertiary/aromatic N) is 3. The third kappa shape index (κ3) is 6.58. The maximum Gasteiger partial charge on any atom is 0.497 e. The van der Waals surface area contributed by atoms with Crippen LogP contribution in [0.25, 0.3) is 0 Å². The lowest BCUT2D eigenvalue weighted by atomic mass is 9.13. The zero-order chi connectivity index (χ0) is 29.1. The van der Waals surface area contributed by atoms with Crippen molar-refractivity contribution in [3.8, 4) is 0 Å². The first-order chi connectivity index (χ1) is 20.0. The van der Waals surface area contributed by atoms with E-state index in [1.807, 2.05) is 45.0 Å². The van der Waals surface area contributed by atoms with Crippen LogP contribution in [-0.2, 0) is 0 Å². The monoisotopic (exact) mass is 541 g/mol. The lowest BCUT2D eigenvalue weighted by Gasteiger charge is -2.44. The molecule has 0 aliphatic rings. The van der Waals surface area contributed by atoms with Gasteiger partial charge in [-0.2, -0.15) is 31.2 Å². The standard InChI is InChI=1S/C24H20B.C12H20N3O/c1-5-13-21(14-6-1)25(22-15-7-2-8-16-22,23-17-9-3-10-18-23)24-19-11-4-12-20-24;1-5-14(6-2)12(16)15-9-7-11(8-10-15)13(3)4/h1-20H;7-10H,5-6H2,1-4H3/q-1;+1. The van der Waals surface area contributed by atoms with E-state index in [2.05, 4.69) is 121 Å². The summed E-state index contributed by atoms with van der Waals surface area (Å²) in [7, 11) is 3.96. The molecule has 0 saturated carbocycles. The van der Waals surface area contributed by atoms with Crippen molar-refractivity contribution in [1.82, 2.24) is 4.90 Å². The van der Waals surface area contributed by atoms with Gasteiger partial charge in [-0.15, -0.1) is 0 Å². The Kier molecular flexibility index (Phi) is 10.1. The molecule has 0 bridgehead atoms. The number of hydrogen-bond acceptors (Lipinski definition) is 2. The zero-order valence-corrected chi connectivity index (χ0v) is 24.6. The van der Waals surface area contributed by atoms with Crippen LogP contribution in [0.4, 0.5) is 10.5 Å². The minimum Gasteiger partial charge on any atom is -0.377 e. The highest BCUT2D eigenvalue weighted by molar-refractivity contribution is 7.19. The van der Waals surface area contributed by atoms with Crippen molar-refractivity contribution in [2.75, 3.05) is 32.1 Å². The van der Waals surface area contributed by atoms with E-state index in [0.29, 0.717) is 0 Å². The number of benzene rings is 4. The number of rotatable bonds is 7. The lowest BCUT2D eigenvalue weighted by molar-refractivity contribution is -0.578. The fraction of sp³-hybridized carbons (Fsp3) is 0.167. The van der Waals surface area contributed by atoms with Gasteiger partial charge in [0.05, 0.1) is 13.1 Å². The smallest absolute Gasteiger partial charge is 0.377 e. The number of carbonyl (C=O) groups excluding carboxylic acids is 1. The average Bonchev–Trinajstić information content (AvgIpc) is 3.04. The number of anilines is 1. The molecule has 0 aliphatic heterocycles. The number of carbonyl (C=O) groups is 1. The number of aromatic nitrogens is 1. The molecule has 0 saturated heterocycles. The third-order valence-electron chi connectivity index (χ3n) is 7.78. The van der Waals surface area contributed by atoms with Gasteiger partial charge in [0.25, 0.3) is 0 Å². The molecule has 4 aromatic carbocycles. The van der Waals surface area contributed by atoms with E-state index in [0.717, 1.165) is 18.8 Å². The summed E-state index contributed by atoms with van der Waals surface area (Å²) in [5.74, 6) is 0. The fourth-order valence-corrected chi connectivity index (χ4v) is 5.62. The van der Waals surface area contributed by atoms with Crippen LogP contribution in [-0.4, -0.2) is 44.3 Å². The molecule has 208 valence electrons. The Morgan fingerprint density at radius 3 is 1.15 bits per heavy atom. The van der Waals surface area contributed by atoms with Crippen molar-refractivity contribution in [3.63, 3.8) is 0 Å². The van der Waals surface area contributed by atoms with Crippen molar-refractivity contribution in [2.45, 2.75) is 13.8 Å². The fourth-order valence-electron chi connectivity index (χ4n) is 5.62. The molecule has 0 atom stereocenters. The summed E-state index contributed by atoms with van der Waals surface area (Å²) in [6.07, 6.45) is 2.39. The molecule has 1 amide bonds. The van der Waals surface area contributed by atoms with Gasteiger partial charge in [-0.05, 0) is 13.8 Å². The Balaban J connectivity index is 0.000000210. The average molecular weight is 542 g/mol. The first-order valence-corrected chi connectivity index (χ1v) is 14.4. The lowest BCUT2D eigenvalue weighted by Crippen LogP contribution is -2.74. The predicted octanol–water partition coefficient (Wildman–Crippen LogP) is 4.41. The van der Waals surface area contributed by atoms with E-state index in [1.165, 1.54) is 21.9 Å². The van der Waals surface area contributed by atoms with Crippen LogP contribution in [0.5, 0.6) is 0 Å². The summed E-state index contributed by atoms with van der Waals surface area (Å²) in [5, 5.41) is 0. The Bertz CT molecular complexity index is 1310. The van der Waals surface area contributed by atoms with Crippen molar-refractivity contribution in [2.24, 2.45) is 0 Å². The second kappa shape index (κ2) is 14.1. The van der Waals surface area contributed by atoms with Gasteiger partial charge < -0.3 is 4.90 Å². The molecule has 5 aromatic rings. The largest absolute Gasteiger partial charge is 0.497 e. The van der Waals surface area contributed by atoms with Crippen molar-refractivity contribution >= 4 is 39.7 Å². The normalized spacial score (nSPS) is 10.7. The molecule has 0 radical (unpaired) electrons. The van der Waals surface area contributed by atoms with E-state index < -0.39 is 6.15 Å². The summed E-state index contributed by atoms with van der Waals surface area (Å²) in [6.45, 7) is 5.43. The van der Waals surface area contributed by atoms with Gasteiger partial charge in [-0.1, -0.05) is 121 Å². The summed E-state index contributed by atoms with van der Waals surface area (Å²) in [6, 6.07) is 47.4. The van der Waals surface area contributed by atoms with Gasteiger partial charge in [0.1, 0.15) is 18.5 Å². The number of hydrogen-bond donors (Lipinski definition) is 0. The molecule has 0 unspecified atom stereocenters. The van der Waals surface area contributed by atoms with E-state index in [9.17, 15) is 4.79 Å². The minimum atomic E-state index is -1.22. The van der Waals surface area contributed by atoms with E-state index in [4.69, 9.17) is 0 Å². The van der Waals surface area contributed by atoms with Gasteiger partial charge in [0.2, 0.25) is 0 Å². The van der Waals surface area contributed by atoms with Crippen LogP contribution in [0.15, 0.2) is 146 Å². The van der Waals surface area contributed by atoms with Crippen LogP contribution in [0.1, 0.15) is 13.8 Å². The maximum absolute atomic E-state index is 12.0. The SMILES string of the molecule is CCN(CC)C(=O)[n+]1ccc(N(C)C)cc1.c1ccc([B-](c2ccccc2)(c2ccccc2)c2ccccc2)cc1. The molecule has 41 heavy (non-hydrogen) atoms. The topological polar surface area (TPSA) is 27.4 Å². The highest BCUT2D eigenvalue weighted by Crippen LogP contribution is 2.09. The van der Waals surface area contributed by atoms with Gasteiger partial charge in [0, 0.05) is 31.9 Å². The number of amides is 1. The predicted molar refractivity (Wildman–Crippen MR) is 175 cm³/mol. The van der Waals surface area contributed by atoms with E-state index in [1.54, 1.807) is 21.9 Å². The highest BCUT2D eigenvalue weighted by Gasteiger charge is 2.31. The Morgan fingerprint density at radius 1 is 0.561 bits per heavy atom. The maximum atomic E-state index is 12.0. The van der Waals surface area contributed by atoms with Crippen molar-refractivity contribution in [3.05, 3.63) is 146 Å². The summed E-state index contributed by atoms with van der Waals surface area (Å²) in [5.41, 5.74) is 6.44. The highest BCUT2D eigenvalue weighted by atomic mass is 16.2. The first kappa shape index (κ1) is 29.4. The van der Waals surface area contributed by atoms with Crippen molar-refractivity contribution < 1.29 is 9.36 Å². The third-order valence-corrected chi connectivity index (χ3v) is 7.78. The molecule has 4 nitrogen and oxygen atoms in total. The molecular weight excluding hydrogens is 501 g/mol. The summed E-state index contributed by atoms with van der Waals surface area (Å²) < 4.78 is 1.61. The van der Waals surface area contributed by atoms with Crippen LogP contribution >= 0.6 is 0 Å². The molecule has 0 spiro atoms. The van der Waals surface area contributed by atoms with Gasteiger partial charge in [0.15, 0.2) is 0 Å². The molecule has 0 fully saturated rings. The van der Waals surface area contributed by atoms with Gasteiger partial charge in [-0.3, -0.25) is 0 Å². The molecule has 0 aliphatic carbocycles. The Hall–Kier alpha value is -4.64. The van der Waals surface area contributed by atoms with Crippen LogP contribution in [0.2, 0.25) is 0 Å². The van der Waals surface area contributed by atoms with Crippen LogP contribution in [0.3, 0.4) is 0 Å². The summed E-state index contributed by atoms with van der Waals surface area (Å²) >= 11 is 0. The van der Waals surface area contributed by atoms with Crippen LogP contribution < -0.4 is 31.3 Å². The molecule has 1 aromatic heterocycles. The van der Waals surface area contributed by atoms with Gasteiger partial charge in [-0.25, -0.2) is 4.90 Å². The Labute approximate surface area is 245 Å². The van der Waals surface area contributed by atoms with E-state index in [-0.39, 0.29) is 6.03 Å². The van der Waals surface area contributed by atoms with Crippen molar-refractivity contribution in [1.29, 1.82) is 0 Å². The number of pyridine rings is 1. The Morgan fingerprint density at radius 2 is 0.878 bits per heavy atom. The second-order valence-corrected chi connectivity index (χ2v) is 10.3. The summed E-state index contributed by atoms with van der Waals surface area (Å²) in [4.78, 5) is 15.8. The first-order valence-electron chi connectivity index (χ1n) is 14.4. The molecule has 1 heterocycles. The van der Waals surface area contributed by atoms with E-state index >= 15 is 0 Å². The zero-order valence-electron chi connectivity index (χ0n) is 24.6.